The van der Waals surface area contributed by atoms with Crippen LogP contribution in [0.15, 0.2) is 42.5 Å². The van der Waals surface area contributed by atoms with Gasteiger partial charge in [0, 0.05) is 24.3 Å². The molecule has 4 heteroatoms. The Labute approximate surface area is 111 Å². The summed E-state index contributed by atoms with van der Waals surface area (Å²) in [5.41, 5.74) is 7.49. The largest absolute Gasteiger partial charge is 0.399 e. The van der Waals surface area contributed by atoms with Gasteiger partial charge in [-0.3, -0.25) is 0 Å². The quantitative estimate of drug-likeness (QED) is 0.857. The molecule has 0 saturated carbocycles. The van der Waals surface area contributed by atoms with Crippen molar-refractivity contribution in [2.75, 3.05) is 17.7 Å². The Morgan fingerprint density at radius 3 is 2.67 bits per heavy atom. The molecule has 2 N–H and O–H groups in total. The predicted molar refractivity (Wildman–Crippen MR) is 74.4 cm³/mol. The number of hydrogen-bond acceptors (Lipinski definition) is 2. The Hall–Kier alpha value is -1.74. The van der Waals surface area contributed by atoms with Gasteiger partial charge in [0.15, 0.2) is 0 Å². The number of anilines is 2. The number of halogens is 2. The molecule has 2 aromatic rings. The highest BCUT2D eigenvalue weighted by Crippen LogP contribution is 2.22. The van der Waals surface area contributed by atoms with Crippen LogP contribution < -0.4 is 10.6 Å². The second kappa shape index (κ2) is 5.27. The Balaban J connectivity index is 2.19. The van der Waals surface area contributed by atoms with E-state index in [2.05, 4.69) is 0 Å². The van der Waals surface area contributed by atoms with Crippen LogP contribution in [0.1, 0.15) is 5.56 Å². The molecule has 94 valence electrons. The zero-order valence-corrected chi connectivity index (χ0v) is 10.8. The van der Waals surface area contributed by atoms with Crippen molar-refractivity contribution in [2.45, 2.75) is 6.54 Å². The van der Waals surface area contributed by atoms with Crippen molar-refractivity contribution >= 4 is 23.0 Å². The second-order valence-electron chi connectivity index (χ2n) is 4.20. The van der Waals surface area contributed by atoms with Gasteiger partial charge in [0.05, 0.1) is 5.69 Å². The molecule has 0 fully saturated rings. The van der Waals surface area contributed by atoms with E-state index >= 15 is 0 Å². The summed E-state index contributed by atoms with van der Waals surface area (Å²) in [6.07, 6.45) is 0. The minimum atomic E-state index is -0.320. The number of hydrogen-bond donors (Lipinski definition) is 1. The van der Waals surface area contributed by atoms with Gasteiger partial charge in [-0.15, -0.1) is 0 Å². The summed E-state index contributed by atoms with van der Waals surface area (Å²) in [6.45, 7) is 0.585. The molecule has 18 heavy (non-hydrogen) atoms. The van der Waals surface area contributed by atoms with Gasteiger partial charge < -0.3 is 10.6 Å². The monoisotopic (exact) mass is 264 g/mol. The summed E-state index contributed by atoms with van der Waals surface area (Å²) < 4.78 is 13.7. The molecule has 0 heterocycles. The van der Waals surface area contributed by atoms with Crippen molar-refractivity contribution in [3.8, 4) is 0 Å². The molecule has 0 aliphatic carbocycles. The maximum Gasteiger partial charge on any atom is 0.148 e. The molecule has 2 nitrogen and oxygen atoms in total. The average Bonchev–Trinajstić information content (AvgIpc) is 2.28. The van der Waals surface area contributed by atoms with Gasteiger partial charge >= 0.3 is 0 Å². The van der Waals surface area contributed by atoms with Crippen LogP contribution in [0, 0.1) is 5.82 Å². The van der Waals surface area contributed by atoms with Crippen LogP contribution in [0.2, 0.25) is 5.02 Å². The zero-order valence-electron chi connectivity index (χ0n) is 10.0. The van der Waals surface area contributed by atoms with E-state index < -0.39 is 0 Å². The van der Waals surface area contributed by atoms with Crippen LogP contribution in [0.25, 0.3) is 0 Å². The molecule has 0 atom stereocenters. The number of benzene rings is 2. The van der Waals surface area contributed by atoms with E-state index in [0.717, 1.165) is 5.56 Å². The Morgan fingerprint density at radius 1 is 1.22 bits per heavy atom. The smallest absolute Gasteiger partial charge is 0.148 e. The van der Waals surface area contributed by atoms with Gasteiger partial charge in [-0.05, 0) is 35.9 Å². The molecule has 0 aromatic heterocycles. The lowest BCUT2D eigenvalue weighted by atomic mass is 10.2. The molecular formula is C14H14ClFN2. The molecule has 0 spiro atoms. The molecule has 0 bridgehead atoms. The molecule has 0 saturated heterocycles. The van der Waals surface area contributed by atoms with Crippen LogP contribution >= 0.6 is 11.6 Å². The molecule has 0 amide bonds. The highest BCUT2D eigenvalue weighted by atomic mass is 35.5. The van der Waals surface area contributed by atoms with Crippen LogP contribution in [0.4, 0.5) is 15.8 Å². The summed E-state index contributed by atoms with van der Waals surface area (Å²) in [4.78, 5) is 1.82. The van der Waals surface area contributed by atoms with E-state index in [0.29, 0.717) is 22.9 Å². The third-order valence-electron chi connectivity index (χ3n) is 2.69. The number of nitrogen functional groups attached to an aromatic ring is 1. The lowest BCUT2D eigenvalue weighted by Crippen LogP contribution is -2.17. The topological polar surface area (TPSA) is 29.3 Å². The minimum Gasteiger partial charge on any atom is -0.399 e. The number of nitrogens with two attached hydrogens (primary N) is 1. The molecule has 0 radical (unpaired) electrons. The van der Waals surface area contributed by atoms with Crippen molar-refractivity contribution in [1.29, 1.82) is 0 Å². The van der Waals surface area contributed by atoms with Crippen LogP contribution in [0.5, 0.6) is 0 Å². The van der Waals surface area contributed by atoms with Gasteiger partial charge in [-0.1, -0.05) is 23.7 Å². The van der Waals surface area contributed by atoms with Crippen LogP contribution in [-0.2, 0) is 6.54 Å². The van der Waals surface area contributed by atoms with Crippen LogP contribution in [0.3, 0.4) is 0 Å². The Morgan fingerprint density at radius 2 is 2.00 bits per heavy atom. The van der Waals surface area contributed by atoms with E-state index in [4.69, 9.17) is 17.3 Å². The summed E-state index contributed by atoms with van der Waals surface area (Å²) in [6, 6.07) is 12.2. The fourth-order valence-corrected chi connectivity index (χ4v) is 2.04. The van der Waals surface area contributed by atoms with Crippen LogP contribution in [-0.4, -0.2) is 7.05 Å². The van der Waals surface area contributed by atoms with E-state index in [1.807, 2.05) is 36.2 Å². The molecule has 0 unspecified atom stereocenters. The number of rotatable bonds is 3. The van der Waals surface area contributed by atoms with E-state index in [1.165, 1.54) is 6.07 Å². The number of nitrogens with zero attached hydrogens (tertiary/aromatic N) is 1. The van der Waals surface area contributed by atoms with Crippen molar-refractivity contribution < 1.29 is 4.39 Å². The molecular weight excluding hydrogens is 251 g/mol. The fourth-order valence-electron chi connectivity index (χ4n) is 1.83. The first kappa shape index (κ1) is 12.7. The first-order chi connectivity index (χ1) is 8.56. The van der Waals surface area contributed by atoms with Gasteiger partial charge in [0.25, 0.3) is 0 Å². The van der Waals surface area contributed by atoms with E-state index in [1.54, 1.807) is 12.1 Å². The summed E-state index contributed by atoms with van der Waals surface area (Å²) in [5.74, 6) is -0.320. The molecule has 2 rings (SSSR count). The Bertz CT molecular complexity index is 557. The maximum atomic E-state index is 13.7. The Kier molecular flexibility index (Phi) is 3.72. The van der Waals surface area contributed by atoms with Crippen molar-refractivity contribution in [2.24, 2.45) is 0 Å². The second-order valence-corrected chi connectivity index (χ2v) is 4.63. The average molecular weight is 265 g/mol. The molecule has 0 aliphatic heterocycles. The lowest BCUT2D eigenvalue weighted by molar-refractivity contribution is 0.623. The van der Waals surface area contributed by atoms with Gasteiger partial charge in [0.1, 0.15) is 5.82 Å². The summed E-state index contributed by atoms with van der Waals surface area (Å²) in [7, 11) is 1.83. The normalized spacial score (nSPS) is 10.4. The molecule has 0 aliphatic rings. The van der Waals surface area contributed by atoms with Crippen molar-refractivity contribution in [3.63, 3.8) is 0 Å². The van der Waals surface area contributed by atoms with Crippen molar-refractivity contribution in [3.05, 3.63) is 58.9 Å². The third-order valence-corrected chi connectivity index (χ3v) is 2.93. The molecule has 2 aromatic carbocycles. The third kappa shape index (κ3) is 2.93. The highest BCUT2D eigenvalue weighted by molar-refractivity contribution is 6.30. The SMILES string of the molecule is CN(Cc1cccc(Cl)c1)c1ccc(N)cc1F. The minimum absolute atomic E-state index is 0.320. The van der Waals surface area contributed by atoms with Gasteiger partial charge in [-0.2, -0.15) is 0 Å². The van der Waals surface area contributed by atoms with Gasteiger partial charge in [0.2, 0.25) is 0 Å². The zero-order chi connectivity index (χ0) is 13.1. The summed E-state index contributed by atoms with van der Waals surface area (Å²) >= 11 is 5.92. The fraction of sp³-hybridized carbons (Fsp3) is 0.143. The first-order valence-corrected chi connectivity index (χ1v) is 5.94. The standard InChI is InChI=1S/C14H14ClFN2/c1-18(9-10-3-2-4-11(15)7-10)14-6-5-12(17)8-13(14)16/h2-8H,9,17H2,1H3. The van der Waals surface area contributed by atoms with E-state index in [9.17, 15) is 4.39 Å². The predicted octanol–water partition coefficient (Wildman–Crippen LogP) is 3.70. The van der Waals surface area contributed by atoms with E-state index in [-0.39, 0.29) is 5.82 Å². The maximum absolute atomic E-state index is 13.7. The first-order valence-electron chi connectivity index (χ1n) is 5.57. The summed E-state index contributed by atoms with van der Waals surface area (Å²) in [5, 5.41) is 0.679. The van der Waals surface area contributed by atoms with Crippen molar-refractivity contribution in [1.82, 2.24) is 0 Å². The lowest BCUT2D eigenvalue weighted by Gasteiger charge is -2.20. The van der Waals surface area contributed by atoms with Gasteiger partial charge in [-0.25, -0.2) is 4.39 Å². The highest BCUT2D eigenvalue weighted by Gasteiger charge is 2.08.